The lowest BCUT2D eigenvalue weighted by atomic mass is 9.96. The van der Waals surface area contributed by atoms with Crippen LogP contribution >= 0.6 is 68.9 Å². The zero-order valence-electron chi connectivity index (χ0n) is 24.2. The zero-order valence-corrected chi connectivity index (χ0v) is 29.5. The van der Waals surface area contributed by atoms with Crippen molar-refractivity contribution in [2.45, 2.75) is 31.4 Å². The number of fused-ring (bicyclic) bond motifs is 1. The fourth-order valence-corrected chi connectivity index (χ4v) is 7.50. The Morgan fingerprint density at radius 1 is 1.16 bits per heavy atom. The number of hydrogen-bond acceptors (Lipinski definition) is 8. The fraction of sp³-hybridized carbons (Fsp3) is 0.219. The third kappa shape index (κ3) is 6.74. The van der Waals surface area contributed by atoms with Gasteiger partial charge in [0.1, 0.15) is 6.61 Å². The predicted molar refractivity (Wildman–Crippen MR) is 185 cm³/mol. The second-order valence-electron chi connectivity index (χ2n) is 9.63. The van der Waals surface area contributed by atoms with Gasteiger partial charge < -0.3 is 14.2 Å². The van der Waals surface area contributed by atoms with Gasteiger partial charge in [-0.05, 0) is 96.3 Å². The van der Waals surface area contributed by atoms with Crippen molar-refractivity contribution in [2.75, 3.05) is 20.0 Å². The smallest absolute Gasteiger partial charge is 0.338 e. The number of rotatable bonds is 9. The van der Waals surface area contributed by atoms with Crippen LogP contribution in [0, 0.1) is 3.57 Å². The number of benzene rings is 3. The van der Waals surface area contributed by atoms with Crippen molar-refractivity contribution in [3.63, 3.8) is 0 Å². The molecule has 228 valence electrons. The maximum absolute atomic E-state index is 14.0. The maximum Gasteiger partial charge on any atom is 0.338 e. The molecule has 0 bridgehead atoms. The molecule has 0 saturated carbocycles. The summed E-state index contributed by atoms with van der Waals surface area (Å²) >= 11 is 17.4. The van der Waals surface area contributed by atoms with Crippen molar-refractivity contribution in [1.82, 2.24) is 4.57 Å². The van der Waals surface area contributed by atoms with Crippen molar-refractivity contribution in [3.05, 3.63) is 116 Å². The molecular formula is C32H27Cl2IN2O5S2. The van der Waals surface area contributed by atoms with Crippen molar-refractivity contribution < 1.29 is 19.0 Å². The summed E-state index contributed by atoms with van der Waals surface area (Å²) in [5.41, 5.74) is 2.94. The third-order valence-corrected chi connectivity index (χ3v) is 10.00. The van der Waals surface area contributed by atoms with Gasteiger partial charge in [0, 0.05) is 20.5 Å². The molecule has 0 saturated heterocycles. The monoisotopic (exact) mass is 780 g/mol. The van der Waals surface area contributed by atoms with E-state index >= 15 is 0 Å². The van der Waals surface area contributed by atoms with E-state index < -0.39 is 12.0 Å². The molecule has 2 heterocycles. The summed E-state index contributed by atoms with van der Waals surface area (Å²) < 4.78 is 20.0. The SMILES string of the molecule is CCOC(=O)C1=C(C)N=c2s/c(=C\c3cc(I)c(OCc4ccc(Cl)cc4Cl)c(OC)c3)c(=O)n2[C@H]1c1ccc(SC)cc1. The number of carbonyl (C=O) groups is 1. The molecule has 0 radical (unpaired) electrons. The summed E-state index contributed by atoms with van der Waals surface area (Å²) in [5, 5.41) is 1.06. The topological polar surface area (TPSA) is 79.1 Å². The molecule has 0 unspecified atom stereocenters. The van der Waals surface area contributed by atoms with Crippen LogP contribution in [0.15, 0.2) is 80.5 Å². The van der Waals surface area contributed by atoms with E-state index in [2.05, 4.69) is 27.6 Å². The number of ether oxygens (including phenoxy) is 3. The van der Waals surface area contributed by atoms with Crippen molar-refractivity contribution >= 4 is 80.9 Å². The first-order chi connectivity index (χ1) is 21.1. The second-order valence-corrected chi connectivity index (χ2v) is 13.5. The minimum absolute atomic E-state index is 0.213. The Morgan fingerprint density at radius 2 is 1.91 bits per heavy atom. The third-order valence-electron chi connectivity index (χ3n) is 6.89. The van der Waals surface area contributed by atoms with Gasteiger partial charge in [0.25, 0.3) is 5.56 Å². The number of carbonyl (C=O) groups excluding carboxylic acids is 1. The molecule has 5 rings (SSSR count). The molecule has 0 amide bonds. The largest absolute Gasteiger partial charge is 0.493 e. The number of nitrogens with zero attached hydrogens (tertiary/aromatic N) is 2. The lowest BCUT2D eigenvalue weighted by molar-refractivity contribution is -0.139. The zero-order chi connectivity index (χ0) is 31.5. The van der Waals surface area contributed by atoms with Gasteiger partial charge >= 0.3 is 5.97 Å². The summed E-state index contributed by atoms with van der Waals surface area (Å²) in [6.07, 6.45) is 3.79. The molecule has 1 aromatic heterocycles. The van der Waals surface area contributed by atoms with E-state index in [1.165, 1.54) is 11.3 Å². The standard InChI is InChI=1S/C32H27Cl2IN2O5S2/c1-5-41-31(39)27-17(2)36-32-37(28(27)19-7-10-22(43-4)11-8-19)30(38)26(44-32)14-18-12-24(35)29(25(13-18)40-3)42-16-20-6-9-21(33)15-23(20)34/h6-15,28H,5,16H2,1-4H3/b26-14-/t28-/m0/s1. The van der Waals surface area contributed by atoms with Crippen molar-refractivity contribution in [2.24, 2.45) is 4.99 Å². The Labute approximate surface area is 286 Å². The molecule has 3 aromatic carbocycles. The van der Waals surface area contributed by atoms with Crippen LogP contribution in [0.5, 0.6) is 11.5 Å². The van der Waals surface area contributed by atoms with E-state index in [-0.39, 0.29) is 18.8 Å². The first-order valence-electron chi connectivity index (χ1n) is 13.4. The Balaban J connectivity index is 1.56. The first kappa shape index (κ1) is 32.6. The van der Waals surface area contributed by atoms with E-state index in [1.807, 2.05) is 48.7 Å². The number of allylic oxidation sites excluding steroid dienone is 1. The Hall–Kier alpha value is -2.77. The molecule has 1 atom stereocenters. The van der Waals surface area contributed by atoms with Gasteiger partial charge in [0.15, 0.2) is 16.3 Å². The fourth-order valence-electron chi connectivity index (χ4n) is 4.80. The van der Waals surface area contributed by atoms with Gasteiger partial charge in [-0.25, -0.2) is 9.79 Å². The number of methoxy groups -OCH3 is 1. The Bertz CT molecular complexity index is 1950. The molecule has 44 heavy (non-hydrogen) atoms. The number of hydrogen-bond donors (Lipinski definition) is 0. The highest BCUT2D eigenvalue weighted by atomic mass is 127. The van der Waals surface area contributed by atoms with E-state index in [0.717, 1.165) is 25.2 Å². The van der Waals surface area contributed by atoms with Crippen LogP contribution in [-0.4, -0.2) is 30.5 Å². The van der Waals surface area contributed by atoms with Gasteiger partial charge in [-0.15, -0.1) is 11.8 Å². The number of aromatic nitrogens is 1. The summed E-state index contributed by atoms with van der Waals surface area (Å²) in [7, 11) is 1.56. The van der Waals surface area contributed by atoms with Gasteiger partial charge in [-0.1, -0.05) is 52.7 Å². The Kier molecular flexibility index (Phi) is 10.5. The summed E-state index contributed by atoms with van der Waals surface area (Å²) in [5.74, 6) is 0.575. The molecule has 7 nitrogen and oxygen atoms in total. The van der Waals surface area contributed by atoms with Crippen LogP contribution in [0.4, 0.5) is 0 Å². The van der Waals surface area contributed by atoms with Gasteiger partial charge in [0.05, 0.1) is 39.1 Å². The molecule has 1 aliphatic heterocycles. The van der Waals surface area contributed by atoms with Crippen LogP contribution in [0.3, 0.4) is 0 Å². The molecular weight excluding hydrogens is 754 g/mol. The average molecular weight is 782 g/mol. The number of thioether (sulfide) groups is 1. The summed E-state index contributed by atoms with van der Waals surface area (Å²) in [6, 6.07) is 16.1. The quantitative estimate of drug-likeness (QED) is 0.103. The molecule has 4 aromatic rings. The lowest BCUT2D eigenvalue weighted by Crippen LogP contribution is -2.39. The molecule has 0 N–H and O–H groups in total. The van der Waals surface area contributed by atoms with E-state index in [4.69, 9.17) is 37.4 Å². The summed E-state index contributed by atoms with van der Waals surface area (Å²) in [4.78, 5) is 33.4. The normalized spacial score (nSPS) is 14.7. The minimum Gasteiger partial charge on any atom is -0.493 e. The average Bonchev–Trinajstić information content (AvgIpc) is 3.30. The van der Waals surface area contributed by atoms with Gasteiger partial charge in [-0.2, -0.15) is 0 Å². The van der Waals surface area contributed by atoms with E-state index in [0.29, 0.717) is 42.1 Å². The van der Waals surface area contributed by atoms with Gasteiger partial charge in [0.2, 0.25) is 0 Å². The highest BCUT2D eigenvalue weighted by molar-refractivity contribution is 14.1. The predicted octanol–water partition coefficient (Wildman–Crippen LogP) is 7.02. The van der Waals surface area contributed by atoms with Crippen LogP contribution in [0.25, 0.3) is 6.08 Å². The minimum atomic E-state index is -0.673. The van der Waals surface area contributed by atoms with E-state index in [1.54, 1.807) is 55.5 Å². The van der Waals surface area contributed by atoms with Crippen LogP contribution < -0.4 is 24.4 Å². The number of halogens is 3. The molecule has 0 fully saturated rings. The van der Waals surface area contributed by atoms with E-state index in [9.17, 15) is 9.59 Å². The second kappa shape index (κ2) is 14.1. The van der Waals surface area contributed by atoms with Gasteiger partial charge in [-0.3, -0.25) is 9.36 Å². The van der Waals surface area contributed by atoms with Crippen LogP contribution in [0.2, 0.25) is 10.0 Å². The Morgan fingerprint density at radius 3 is 2.57 bits per heavy atom. The van der Waals surface area contributed by atoms with Crippen molar-refractivity contribution in [3.8, 4) is 11.5 Å². The van der Waals surface area contributed by atoms with Crippen LogP contribution in [-0.2, 0) is 16.1 Å². The lowest BCUT2D eigenvalue weighted by Gasteiger charge is -2.24. The molecule has 1 aliphatic rings. The summed E-state index contributed by atoms with van der Waals surface area (Å²) in [6.45, 7) is 3.96. The van der Waals surface area contributed by atoms with Crippen molar-refractivity contribution in [1.29, 1.82) is 0 Å². The highest BCUT2D eigenvalue weighted by Gasteiger charge is 2.33. The van der Waals surface area contributed by atoms with Crippen LogP contribution in [0.1, 0.15) is 36.6 Å². The molecule has 12 heteroatoms. The number of thiazole rings is 1. The first-order valence-corrected chi connectivity index (χ1v) is 17.3. The molecule has 0 spiro atoms. The molecule has 0 aliphatic carbocycles. The number of esters is 1. The highest BCUT2D eigenvalue weighted by Crippen LogP contribution is 2.36. The maximum atomic E-state index is 14.0.